The second-order valence-corrected chi connectivity index (χ2v) is 2.71. The van der Waals surface area contributed by atoms with Crippen LogP contribution in [0.3, 0.4) is 0 Å². The lowest BCUT2D eigenvalue weighted by Gasteiger charge is -2.15. The van der Waals surface area contributed by atoms with Crippen molar-refractivity contribution < 1.29 is 5.11 Å². The summed E-state index contributed by atoms with van der Waals surface area (Å²) in [6.45, 7) is 3.59. The molecule has 0 fully saturated rings. The Hall–Kier alpha value is -0.900. The van der Waals surface area contributed by atoms with E-state index in [0.717, 1.165) is 24.3 Å². The fraction of sp³-hybridized carbons (Fsp3) is 0.750. The van der Waals surface area contributed by atoms with Crippen LogP contribution in [0.15, 0.2) is 17.9 Å². The third kappa shape index (κ3) is 4.85. The van der Waals surface area contributed by atoms with Gasteiger partial charge >= 0.3 is 0 Å². The van der Waals surface area contributed by atoms with Crippen LogP contribution in [-0.2, 0) is 0 Å². The van der Waals surface area contributed by atoms with Crippen molar-refractivity contribution in [2.24, 2.45) is 5.29 Å². The van der Waals surface area contributed by atoms with Gasteiger partial charge in [-0.15, -0.1) is 11.5 Å². The molecule has 0 aromatic rings. The standard InChI is InChI=1S/C8H16N2O2/c1-3-4-5-6-7-8(11)10(2)9-12/h3,8,11H,1,4-7H2,2H3. The summed E-state index contributed by atoms with van der Waals surface area (Å²) in [5, 5.41) is 12.8. The Balaban J connectivity index is 3.36. The number of nitrogens with zero attached hydrogens (tertiary/aromatic N) is 2. The molecule has 0 aromatic carbocycles. The van der Waals surface area contributed by atoms with E-state index >= 15 is 0 Å². The van der Waals surface area contributed by atoms with Gasteiger partial charge in [-0.1, -0.05) is 6.08 Å². The Morgan fingerprint density at radius 1 is 1.67 bits per heavy atom. The third-order valence-electron chi connectivity index (χ3n) is 1.68. The molecule has 0 heterocycles. The van der Waals surface area contributed by atoms with Crippen molar-refractivity contribution in [2.75, 3.05) is 7.05 Å². The fourth-order valence-electron chi connectivity index (χ4n) is 0.857. The molecule has 0 aromatic heterocycles. The van der Waals surface area contributed by atoms with Gasteiger partial charge in [0.15, 0.2) is 0 Å². The maximum atomic E-state index is 9.93. The normalized spacial score (nSPS) is 12.2. The minimum absolute atomic E-state index is 0.579. The van der Waals surface area contributed by atoms with E-state index < -0.39 is 6.23 Å². The van der Waals surface area contributed by atoms with Gasteiger partial charge < -0.3 is 5.11 Å². The molecule has 12 heavy (non-hydrogen) atoms. The molecule has 0 saturated carbocycles. The summed E-state index contributed by atoms with van der Waals surface area (Å²) in [7, 11) is 1.46. The second kappa shape index (κ2) is 6.79. The first kappa shape index (κ1) is 11.1. The first-order valence-electron chi connectivity index (χ1n) is 4.07. The molecule has 4 nitrogen and oxygen atoms in total. The molecule has 0 radical (unpaired) electrons. The van der Waals surface area contributed by atoms with Gasteiger partial charge in [-0.2, -0.15) is 0 Å². The Bertz CT molecular complexity index is 139. The van der Waals surface area contributed by atoms with Gasteiger partial charge in [0.2, 0.25) is 0 Å². The van der Waals surface area contributed by atoms with Crippen LogP contribution in [0.25, 0.3) is 0 Å². The molecule has 1 unspecified atom stereocenters. The van der Waals surface area contributed by atoms with Gasteiger partial charge in [0.25, 0.3) is 0 Å². The van der Waals surface area contributed by atoms with Crippen molar-refractivity contribution in [1.29, 1.82) is 0 Å². The molecule has 0 bridgehead atoms. The molecule has 4 heteroatoms. The molecular weight excluding hydrogens is 156 g/mol. The summed E-state index contributed by atoms with van der Waals surface area (Å²) in [6.07, 6.45) is 4.50. The van der Waals surface area contributed by atoms with Gasteiger partial charge in [0.1, 0.15) is 6.23 Å². The highest BCUT2D eigenvalue weighted by atomic mass is 16.3. The van der Waals surface area contributed by atoms with Crippen LogP contribution >= 0.6 is 0 Å². The first-order valence-corrected chi connectivity index (χ1v) is 4.07. The van der Waals surface area contributed by atoms with E-state index in [4.69, 9.17) is 0 Å². The average Bonchev–Trinajstić information content (AvgIpc) is 2.10. The monoisotopic (exact) mass is 172 g/mol. The van der Waals surface area contributed by atoms with Crippen LogP contribution in [0.4, 0.5) is 0 Å². The Morgan fingerprint density at radius 2 is 2.33 bits per heavy atom. The lowest BCUT2D eigenvalue weighted by atomic mass is 10.2. The molecule has 0 amide bonds. The van der Waals surface area contributed by atoms with E-state index in [1.165, 1.54) is 7.05 Å². The minimum atomic E-state index is -0.743. The first-order chi connectivity index (χ1) is 5.72. The molecule has 1 atom stereocenters. The Morgan fingerprint density at radius 3 is 2.83 bits per heavy atom. The number of aliphatic hydroxyl groups is 1. The van der Waals surface area contributed by atoms with E-state index in [-0.39, 0.29) is 0 Å². The van der Waals surface area contributed by atoms with Gasteiger partial charge in [-0.05, 0) is 25.7 Å². The molecule has 0 aliphatic heterocycles. The zero-order valence-electron chi connectivity index (χ0n) is 7.44. The van der Waals surface area contributed by atoms with Crippen molar-refractivity contribution >= 4 is 0 Å². The molecule has 70 valence electrons. The van der Waals surface area contributed by atoms with Crippen LogP contribution in [0.1, 0.15) is 25.7 Å². The maximum absolute atomic E-state index is 9.93. The minimum Gasteiger partial charge on any atom is -0.372 e. The predicted molar refractivity (Wildman–Crippen MR) is 48.2 cm³/mol. The van der Waals surface area contributed by atoms with Gasteiger partial charge in [-0.3, -0.25) is 0 Å². The van der Waals surface area contributed by atoms with Gasteiger partial charge in [0.05, 0.1) is 5.29 Å². The summed E-state index contributed by atoms with van der Waals surface area (Å²) < 4.78 is 0. The largest absolute Gasteiger partial charge is 0.372 e. The molecular formula is C8H16N2O2. The summed E-state index contributed by atoms with van der Waals surface area (Å²) in [5.74, 6) is 0. The van der Waals surface area contributed by atoms with Crippen LogP contribution in [-0.4, -0.2) is 23.4 Å². The molecule has 0 spiro atoms. The summed E-state index contributed by atoms with van der Waals surface area (Å²) in [5.41, 5.74) is 0. The van der Waals surface area contributed by atoms with Crippen molar-refractivity contribution in [3.05, 3.63) is 17.6 Å². The van der Waals surface area contributed by atoms with E-state index in [2.05, 4.69) is 11.9 Å². The fourth-order valence-corrected chi connectivity index (χ4v) is 0.857. The number of hydrogen-bond acceptors (Lipinski definition) is 3. The van der Waals surface area contributed by atoms with E-state index in [0.29, 0.717) is 6.42 Å². The van der Waals surface area contributed by atoms with Crippen molar-refractivity contribution in [1.82, 2.24) is 5.01 Å². The molecule has 0 aliphatic carbocycles. The number of allylic oxidation sites excluding steroid dienone is 1. The van der Waals surface area contributed by atoms with Crippen molar-refractivity contribution in [2.45, 2.75) is 31.9 Å². The highest BCUT2D eigenvalue weighted by Gasteiger charge is 2.08. The summed E-state index contributed by atoms with van der Waals surface area (Å²) in [4.78, 5) is 9.93. The zero-order chi connectivity index (χ0) is 9.40. The maximum Gasteiger partial charge on any atom is 0.145 e. The lowest BCUT2D eigenvalue weighted by Crippen LogP contribution is -2.25. The molecule has 1 N–H and O–H groups in total. The number of nitroso groups, excluding NO2 is 1. The quantitative estimate of drug-likeness (QED) is 0.209. The Kier molecular flexibility index (Phi) is 6.28. The van der Waals surface area contributed by atoms with Gasteiger partial charge in [-0.25, -0.2) is 5.01 Å². The van der Waals surface area contributed by atoms with Crippen LogP contribution in [0.2, 0.25) is 0 Å². The second-order valence-electron chi connectivity index (χ2n) is 2.71. The van der Waals surface area contributed by atoms with Crippen molar-refractivity contribution in [3.63, 3.8) is 0 Å². The highest BCUT2D eigenvalue weighted by molar-refractivity contribution is 4.66. The Labute approximate surface area is 72.8 Å². The number of hydrogen-bond donors (Lipinski definition) is 1. The molecule has 0 aliphatic rings. The number of rotatable bonds is 7. The predicted octanol–water partition coefficient (Wildman–Crippen LogP) is 1.66. The van der Waals surface area contributed by atoms with Crippen LogP contribution in [0, 0.1) is 4.91 Å². The smallest absolute Gasteiger partial charge is 0.145 e. The lowest BCUT2D eigenvalue weighted by molar-refractivity contribution is 0.0143. The average molecular weight is 172 g/mol. The number of unbranched alkanes of at least 4 members (excludes halogenated alkanes) is 2. The topological polar surface area (TPSA) is 52.9 Å². The van der Waals surface area contributed by atoms with Crippen LogP contribution in [0.5, 0.6) is 0 Å². The highest BCUT2D eigenvalue weighted by Crippen LogP contribution is 2.06. The van der Waals surface area contributed by atoms with Crippen molar-refractivity contribution in [3.8, 4) is 0 Å². The van der Waals surface area contributed by atoms with E-state index in [1.54, 1.807) is 0 Å². The van der Waals surface area contributed by atoms with E-state index in [1.807, 2.05) is 6.08 Å². The van der Waals surface area contributed by atoms with Gasteiger partial charge in [0, 0.05) is 7.05 Å². The summed E-state index contributed by atoms with van der Waals surface area (Å²) in [6, 6.07) is 0. The third-order valence-corrected chi connectivity index (χ3v) is 1.68. The SMILES string of the molecule is C=CCCCCC(O)N(C)N=O. The number of aliphatic hydroxyl groups excluding tert-OH is 1. The van der Waals surface area contributed by atoms with Crippen LogP contribution < -0.4 is 0 Å². The molecule has 0 saturated heterocycles. The molecule has 0 rings (SSSR count). The zero-order valence-corrected chi connectivity index (χ0v) is 7.44. The summed E-state index contributed by atoms with van der Waals surface area (Å²) >= 11 is 0. The van der Waals surface area contributed by atoms with E-state index in [9.17, 15) is 10.0 Å².